The third-order valence-electron chi connectivity index (χ3n) is 5.03. The molecule has 1 aliphatic rings. The highest BCUT2D eigenvalue weighted by Crippen LogP contribution is 2.31. The van der Waals surface area contributed by atoms with Crippen LogP contribution < -0.4 is 14.9 Å². The van der Waals surface area contributed by atoms with Gasteiger partial charge < -0.3 is 4.74 Å². The van der Waals surface area contributed by atoms with Crippen molar-refractivity contribution in [3.63, 3.8) is 0 Å². The molecule has 0 bridgehead atoms. The summed E-state index contributed by atoms with van der Waals surface area (Å²) >= 11 is 4.75. The zero-order chi connectivity index (χ0) is 22.1. The average molecular weight is 501 g/mol. The van der Waals surface area contributed by atoms with Crippen LogP contribution in [0.1, 0.15) is 38.1 Å². The van der Waals surface area contributed by atoms with E-state index in [1.165, 1.54) is 11.3 Å². The summed E-state index contributed by atoms with van der Waals surface area (Å²) in [5.74, 6) is -0.463. The average Bonchev–Trinajstić information content (AvgIpc) is 3.32. The Bertz CT molecular complexity index is 1350. The minimum Gasteiger partial charge on any atom is -0.463 e. The molecule has 1 atom stereocenters. The summed E-state index contributed by atoms with van der Waals surface area (Å²) in [5, 5.41) is 4.26. The molecule has 160 valence electrons. The van der Waals surface area contributed by atoms with E-state index < -0.39 is 12.0 Å². The number of aromatic nitrogens is 3. The number of fused-ring (bicyclic) bond motifs is 1. The SMILES string of the molecule is CCOC(=O)C1=C(C)N=c2sc(=Cc3ccnn3CC)c(=O)n2C1c1ccc(Br)cc1. The molecule has 1 aromatic carbocycles. The fourth-order valence-electron chi connectivity index (χ4n) is 3.62. The number of esters is 1. The molecule has 1 aliphatic heterocycles. The van der Waals surface area contributed by atoms with Gasteiger partial charge in [-0.05, 0) is 50.6 Å². The van der Waals surface area contributed by atoms with Crippen LogP contribution in [0, 0.1) is 0 Å². The van der Waals surface area contributed by atoms with Crippen molar-refractivity contribution in [3.05, 3.63) is 83.2 Å². The molecule has 7 nitrogen and oxygen atoms in total. The third-order valence-corrected chi connectivity index (χ3v) is 6.54. The van der Waals surface area contributed by atoms with Crippen molar-refractivity contribution >= 4 is 39.3 Å². The van der Waals surface area contributed by atoms with E-state index in [1.807, 2.05) is 48.0 Å². The summed E-state index contributed by atoms with van der Waals surface area (Å²) in [4.78, 5) is 31.5. The Morgan fingerprint density at radius 2 is 2.00 bits per heavy atom. The second-order valence-electron chi connectivity index (χ2n) is 6.93. The first kappa shape index (κ1) is 21.5. The number of halogens is 1. The summed E-state index contributed by atoms with van der Waals surface area (Å²) in [6, 6.07) is 8.84. The molecule has 0 amide bonds. The van der Waals surface area contributed by atoms with Crippen LogP contribution in [0.5, 0.6) is 0 Å². The van der Waals surface area contributed by atoms with Gasteiger partial charge in [-0.1, -0.05) is 39.4 Å². The summed E-state index contributed by atoms with van der Waals surface area (Å²) in [7, 11) is 0. The van der Waals surface area contributed by atoms with Crippen molar-refractivity contribution in [1.29, 1.82) is 0 Å². The van der Waals surface area contributed by atoms with Crippen molar-refractivity contribution in [3.8, 4) is 0 Å². The molecular weight excluding hydrogens is 480 g/mol. The zero-order valence-corrected chi connectivity index (χ0v) is 19.7. The van der Waals surface area contributed by atoms with E-state index in [0.29, 0.717) is 27.1 Å². The molecule has 2 aromatic heterocycles. The molecule has 0 saturated carbocycles. The number of carbonyl (C=O) groups is 1. The van der Waals surface area contributed by atoms with E-state index in [0.717, 1.165) is 15.7 Å². The molecule has 0 saturated heterocycles. The van der Waals surface area contributed by atoms with Crippen LogP contribution in [-0.4, -0.2) is 26.9 Å². The molecule has 0 N–H and O–H groups in total. The lowest BCUT2D eigenvalue weighted by molar-refractivity contribution is -0.139. The summed E-state index contributed by atoms with van der Waals surface area (Å²) in [5.41, 5.74) is 2.38. The summed E-state index contributed by atoms with van der Waals surface area (Å²) in [6.07, 6.45) is 3.53. The van der Waals surface area contributed by atoms with Crippen LogP contribution in [0.15, 0.2) is 62.1 Å². The molecule has 31 heavy (non-hydrogen) atoms. The van der Waals surface area contributed by atoms with Gasteiger partial charge in [-0.25, -0.2) is 9.79 Å². The first-order valence-electron chi connectivity index (χ1n) is 9.91. The van der Waals surface area contributed by atoms with E-state index in [4.69, 9.17) is 4.74 Å². The van der Waals surface area contributed by atoms with Gasteiger partial charge in [-0.2, -0.15) is 5.10 Å². The maximum atomic E-state index is 13.5. The molecule has 3 aromatic rings. The Hall–Kier alpha value is -2.78. The largest absolute Gasteiger partial charge is 0.463 e. The number of hydrogen-bond acceptors (Lipinski definition) is 6. The molecule has 3 heterocycles. The molecular formula is C22H21BrN4O3S. The van der Waals surface area contributed by atoms with Gasteiger partial charge in [0.1, 0.15) is 0 Å². The molecule has 0 spiro atoms. The van der Waals surface area contributed by atoms with Gasteiger partial charge in [-0.15, -0.1) is 0 Å². The third kappa shape index (κ3) is 3.95. The monoisotopic (exact) mass is 500 g/mol. The highest BCUT2D eigenvalue weighted by Gasteiger charge is 2.33. The van der Waals surface area contributed by atoms with E-state index in [2.05, 4.69) is 26.0 Å². The zero-order valence-electron chi connectivity index (χ0n) is 17.3. The van der Waals surface area contributed by atoms with Gasteiger partial charge in [0, 0.05) is 17.2 Å². The lowest BCUT2D eigenvalue weighted by Crippen LogP contribution is -2.40. The van der Waals surface area contributed by atoms with Gasteiger partial charge in [-0.3, -0.25) is 14.0 Å². The predicted molar refractivity (Wildman–Crippen MR) is 122 cm³/mol. The number of ether oxygens (including phenoxy) is 1. The van der Waals surface area contributed by atoms with Crippen molar-refractivity contribution in [1.82, 2.24) is 14.3 Å². The Morgan fingerprint density at radius 1 is 1.26 bits per heavy atom. The summed E-state index contributed by atoms with van der Waals surface area (Å²) in [6.45, 7) is 6.48. The number of thiazole rings is 1. The fourth-order valence-corrected chi connectivity index (χ4v) is 4.91. The van der Waals surface area contributed by atoms with E-state index in [1.54, 1.807) is 24.6 Å². The molecule has 0 fully saturated rings. The highest BCUT2D eigenvalue weighted by molar-refractivity contribution is 9.10. The Kier molecular flexibility index (Phi) is 6.06. The van der Waals surface area contributed by atoms with Crippen LogP contribution >= 0.6 is 27.3 Å². The maximum absolute atomic E-state index is 13.5. The van der Waals surface area contributed by atoms with E-state index in [9.17, 15) is 9.59 Å². The van der Waals surface area contributed by atoms with Crippen molar-refractivity contribution in [2.24, 2.45) is 4.99 Å². The maximum Gasteiger partial charge on any atom is 0.338 e. The number of allylic oxidation sites excluding steroid dienone is 1. The van der Waals surface area contributed by atoms with Crippen molar-refractivity contribution in [2.45, 2.75) is 33.4 Å². The lowest BCUT2D eigenvalue weighted by Gasteiger charge is -2.24. The molecule has 1 unspecified atom stereocenters. The molecule has 9 heteroatoms. The van der Waals surface area contributed by atoms with Gasteiger partial charge >= 0.3 is 5.97 Å². The van der Waals surface area contributed by atoms with Crippen LogP contribution in [0.25, 0.3) is 6.08 Å². The van der Waals surface area contributed by atoms with Gasteiger partial charge in [0.25, 0.3) is 5.56 Å². The Balaban J connectivity index is 1.96. The molecule has 0 aliphatic carbocycles. The van der Waals surface area contributed by atoms with Crippen LogP contribution in [0.2, 0.25) is 0 Å². The normalized spacial score (nSPS) is 16.3. The molecule has 0 radical (unpaired) electrons. The van der Waals surface area contributed by atoms with Gasteiger partial charge in [0.2, 0.25) is 0 Å². The first-order valence-corrected chi connectivity index (χ1v) is 11.5. The molecule has 4 rings (SSSR count). The number of nitrogens with zero attached hydrogens (tertiary/aromatic N) is 4. The quantitative estimate of drug-likeness (QED) is 0.504. The predicted octanol–water partition coefficient (Wildman–Crippen LogP) is 2.78. The first-order chi connectivity index (χ1) is 14.9. The Labute approximate surface area is 191 Å². The smallest absolute Gasteiger partial charge is 0.338 e. The fraction of sp³-hybridized carbons (Fsp3) is 0.273. The number of hydrogen-bond donors (Lipinski definition) is 0. The Morgan fingerprint density at radius 3 is 2.68 bits per heavy atom. The van der Waals surface area contributed by atoms with Crippen LogP contribution in [0.3, 0.4) is 0 Å². The summed E-state index contributed by atoms with van der Waals surface area (Å²) < 4.78 is 10.2. The van der Waals surface area contributed by atoms with Gasteiger partial charge in [0.15, 0.2) is 4.80 Å². The van der Waals surface area contributed by atoms with E-state index >= 15 is 0 Å². The lowest BCUT2D eigenvalue weighted by atomic mass is 9.96. The number of carbonyl (C=O) groups excluding carboxylic acids is 1. The number of rotatable bonds is 5. The topological polar surface area (TPSA) is 78.5 Å². The minimum atomic E-state index is -0.610. The van der Waals surface area contributed by atoms with Crippen molar-refractivity contribution < 1.29 is 9.53 Å². The van der Waals surface area contributed by atoms with Crippen molar-refractivity contribution in [2.75, 3.05) is 6.61 Å². The van der Waals surface area contributed by atoms with Crippen LogP contribution in [-0.2, 0) is 16.1 Å². The second kappa shape index (κ2) is 8.76. The van der Waals surface area contributed by atoms with Crippen LogP contribution in [0.4, 0.5) is 0 Å². The highest BCUT2D eigenvalue weighted by atomic mass is 79.9. The standard InChI is InChI=1S/C22H21BrN4O3S/c1-4-26-16(10-11-24-26)12-17-20(28)27-19(14-6-8-15(23)9-7-14)18(21(29)30-5-2)13(3)25-22(27)31-17/h6-12,19H,4-5H2,1-3H3. The number of benzene rings is 1. The number of aryl methyl sites for hydroxylation is 1. The van der Waals surface area contributed by atoms with Gasteiger partial charge in [0.05, 0.1) is 34.1 Å². The second-order valence-corrected chi connectivity index (χ2v) is 8.85. The minimum absolute atomic E-state index is 0.199. The van der Waals surface area contributed by atoms with E-state index in [-0.39, 0.29) is 12.2 Å².